The largest absolute Gasteiger partial charge is 0.486 e. The van der Waals surface area contributed by atoms with Crippen molar-refractivity contribution in [1.82, 2.24) is 4.98 Å². The smallest absolute Gasteiger partial charge is 0.433 e. The second-order valence-electron chi connectivity index (χ2n) is 9.46. The molecule has 0 amide bonds. The number of pyridine rings is 1. The quantitative estimate of drug-likeness (QED) is 0.483. The number of ether oxygens (including phenoxy) is 2. The number of hydrogen-bond donors (Lipinski definition) is 1. The van der Waals surface area contributed by atoms with Crippen LogP contribution in [0.15, 0.2) is 65.6 Å². The Hall–Kier alpha value is -3.64. The zero-order chi connectivity index (χ0) is 27.3. The van der Waals surface area contributed by atoms with Gasteiger partial charge in [0, 0.05) is 12.0 Å². The van der Waals surface area contributed by atoms with E-state index < -0.39 is 39.4 Å². The summed E-state index contributed by atoms with van der Waals surface area (Å²) in [6, 6.07) is 14.2. The molecule has 200 valence electrons. The second kappa shape index (κ2) is 9.28. The number of aryl methyl sites for hydroxylation is 1. The summed E-state index contributed by atoms with van der Waals surface area (Å²) in [6.07, 6.45) is -5.44. The molecule has 0 spiro atoms. The van der Waals surface area contributed by atoms with Crippen molar-refractivity contribution in [2.24, 2.45) is 5.41 Å². The minimum Gasteiger partial charge on any atom is -0.486 e. The number of rotatable bonds is 6. The maximum atomic E-state index is 13.8. The van der Waals surface area contributed by atoms with Crippen molar-refractivity contribution in [3.8, 4) is 17.0 Å². The second-order valence-corrected chi connectivity index (χ2v) is 11.3. The molecule has 0 unspecified atom stereocenters. The third kappa shape index (κ3) is 4.69. The molecule has 2 aliphatic rings. The van der Waals surface area contributed by atoms with Crippen molar-refractivity contribution in [2.45, 2.75) is 30.5 Å². The maximum Gasteiger partial charge on any atom is 0.433 e. The average molecular weight is 549 g/mol. The average Bonchev–Trinajstić information content (AvgIpc) is 2.84. The molecular weight excluding hydrogens is 525 g/mol. The number of hydrogen-bond acceptors (Lipinski definition) is 6. The van der Waals surface area contributed by atoms with Gasteiger partial charge in [-0.25, -0.2) is 13.4 Å². The van der Waals surface area contributed by atoms with Gasteiger partial charge in [-0.1, -0.05) is 18.2 Å². The Bertz CT molecular complexity index is 1500. The van der Waals surface area contributed by atoms with Gasteiger partial charge >= 0.3 is 12.1 Å². The molecule has 1 N–H and O–H groups in total. The number of carboxylic acid groups (broad SMARTS) is 1. The zero-order valence-corrected chi connectivity index (χ0v) is 20.9. The van der Waals surface area contributed by atoms with Crippen LogP contribution in [0.2, 0.25) is 0 Å². The number of benzene rings is 2. The molecular formula is C26H23F3N2O6S. The van der Waals surface area contributed by atoms with Crippen LogP contribution in [-0.2, 0) is 25.7 Å². The molecule has 0 radical (unpaired) electrons. The van der Waals surface area contributed by atoms with E-state index in [0.29, 0.717) is 0 Å². The number of carboxylic acids is 1. The van der Waals surface area contributed by atoms with Gasteiger partial charge in [-0.15, -0.1) is 0 Å². The summed E-state index contributed by atoms with van der Waals surface area (Å²) in [6.45, 7) is 1.52. The van der Waals surface area contributed by atoms with E-state index in [0.717, 1.165) is 15.9 Å². The Balaban J connectivity index is 1.59. The first-order valence-electron chi connectivity index (χ1n) is 11.6. The van der Waals surface area contributed by atoms with E-state index in [1.165, 1.54) is 42.5 Å². The molecule has 1 saturated heterocycles. The molecule has 2 aromatic carbocycles. The molecule has 5 rings (SSSR count). The van der Waals surface area contributed by atoms with Crippen molar-refractivity contribution in [2.75, 3.05) is 24.1 Å². The van der Waals surface area contributed by atoms with Gasteiger partial charge in [-0.2, -0.15) is 13.2 Å². The number of fused-ring (bicyclic) bond motifs is 1. The lowest BCUT2D eigenvalue weighted by Crippen LogP contribution is -2.54. The highest BCUT2D eigenvalue weighted by Gasteiger charge is 2.50. The van der Waals surface area contributed by atoms with Crippen LogP contribution >= 0.6 is 0 Å². The van der Waals surface area contributed by atoms with Crippen molar-refractivity contribution < 1.29 is 41.0 Å². The Morgan fingerprint density at radius 2 is 1.87 bits per heavy atom. The summed E-state index contributed by atoms with van der Waals surface area (Å²) in [5.74, 6) is -0.897. The molecule has 0 aliphatic carbocycles. The van der Waals surface area contributed by atoms with Crippen molar-refractivity contribution in [1.29, 1.82) is 0 Å². The number of aromatic nitrogens is 1. The van der Waals surface area contributed by atoms with Crippen LogP contribution in [0.5, 0.6) is 5.75 Å². The Kier molecular flexibility index (Phi) is 6.35. The Morgan fingerprint density at radius 1 is 1.13 bits per heavy atom. The van der Waals surface area contributed by atoms with Gasteiger partial charge in [0.25, 0.3) is 10.0 Å². The summed E-state index contributed by atoms with van der Waals surface area (Å²) in [7, 11) is -4.15. The van der Waals surface area contributed by atoms with Gasteiger partial charge in [-0.3, -0.25) is 9.10 Å². The van der Waals surface area contributed by atoms with E-state index in [1.807, 2.05) is 0 Å². The fourth-order valence-electron chi connectivity index (χ4n) is 4.57. The van der Waals surface area contributed by atoms with E-state index >= 15 is 0 Å². The summed E-state index contributed by atoms with van der Waals surface area (Å²) in [4.78, 5) is 15.6. The molecule has 1 fully saturated rings. The molecule has 8 nitrogen and oxygen atoms in total. The number of halogens is 3. The highest BCUT2D eigenvalue weighted by molar-refractivity contribution is 7.92. The lowest BCUT2D eigenvalue weighted by Gasteiger charge is -2.42. The summed E-state index contributed by atoms with van der Waals surface area (Å²) in [5.41, 5.74) is -1.16. The lowest BCUT2D eigenvalue weighted by molar-refractivity contribution is -0.184. The number of nitrogens with zero attached hydrogens (tertiary/aromatic N) is 2. The Labute approximate surface area is 216 Å². The highest BCUT2D eigenvalue weighted by Crippen LogP contribution is 2.43. The predicted octanol–water partition coefficient (Wildman–Crippen LogP) is 4.52. The first-order chi connectivity index (χ1) is 17.9. The van der Waals surface area contributed by atoms with Crippen molar-refractivity contribution in [3.63, 3.8) is 0 Å². The van der Waals surface area contributed by atoms with E-state index in [4.69, 9.17) is 9.47 Å². The van der Waals surface area contributed by atoms with E-state index in [9.17, 15) is 31.5 Å². The van der Waals surface area contributed by atoms with Crippen LogP contribution in [0.25, 0.3) is 11.3 Å². The molecule has 0 bridgehead atoms. The molecule has 0 saturated carbocycles. The number of sulfonamides is 1. The van der Waals surface area contributed by atoms with Gasteiger partial charge in [-0.05, 0) is 55.0 Å². The molecule has 1 aromatic heterocycles. The summed E-state index contributed by atoms with van der Waals surface area (Å²) in [5, 5.41) is 9.73. The van der Waals surface area contributed by atoms with Gasteiger partial charge in [0.2, 0.25) is 0 Å². The van der Waals surface area contributed by atoms with Gasteiger partial charge < -0.3 is 14.6 Å². The fraction of sp³-hybridized carbons (Fsp3) is 0.308. The summed E-state index contributed by atoms with van der Waals surface area (Å²) < 4.78 is 79.7. The minimum absolute atomic E-state index is 0.00842. The summed E-state index contributed by atoms with van der Waals surface area (Å²) >= 11 is 0. The molecule has 1 atom stereocenters. The van der Waals surface area contributed by atoms with Crippen LogP contribution in [0, 0.1) is 12.3 Å². The first-order valence-corrected chi connectivity index (χ1v) is 13.1. The molecule has 12 heteroatoms. The number of anilines is 1. The maximum absolute atomic E-state index is 13.8. The third-order valence-electron chi connectivity index (χ3n) is 6.63. The van der Waals surface area contributed by atoms with Crippen molar-refractivity contribution >= 4 is 21.7 Å². The topological polar surface area (TPSA) is 106 Å². The van der Waals surface area contributed by atoms with Gasteiger partial charge in [0.1, 0.15) is 23.0 Å². The van der Waals surface area contributed by atoms with Crippen LogP contribution in [-0.4, -0.2) is 50.3 Å². The van der Waals surface area contributed by atoms with E-state index in [-0.39, 0.29) is 53.8 Å². The third-order valence-corrected chi connectivity index (χ3v) is 8.41. The van der Waals surface area contributed by atoms with Crippen LogP contribution in [0.3, 0.4) is 0 Å². The minimum atomic E-state index is -4.65. The number of alkyl halides is 3. The lowest BCUT2D eigenvalue weighted by atomic mass is 9.80. The Morgan fingerprint density at radius 3 is 2.50 bits per heavy atom. The van der Waals surface area contributed by atoms with E-state index in [1.54, 1.807) is 19.1 Å². The van der Waals surface area contributed by atoms with Gasteiger partial charge in [0.05, 0.1) is 36.0 Å². The number of carbonyl (C=O) groups is 1. The molecule has 2 aliphatic heterocycles. The monoisotopic (exact) mass is 548 g/mol. The van der Waals surface area contributed by atoms with Gasteiger partial charge in [0.15, 0.2) is 0 Å². The van der Waals surface area contributed by atoms with Crippen LogP contribution < -0.4 is 9.04 Å². The molecule has 3 heterocycles. The highest BCUT2D eigenvalue weighted by atomic mass is 32.2. The normalized spacial score (nSPS) is 18.7. The van der Waals surface area contributed by atoms with Crippen molar-refractivity contribution in [3.05, 3.63) is 71.9 Å². The SMILES string of the molecule is Cc1cccc(S(=O)(=O)N2C[C@H](CC3(C(=O)O)COC3)Oc3ccc(-c4cccc(C(F)(F)F)n4)cc32)c1. The first kappa shape index (κ1) is 26.0. The van der Waals surface area contributed by atoms with E-state index in [2.05, 4.69) is 4.98 Å². The number of aliphatic carboxylic acids is 1. The molecule has 3 aromatic rings. The predicted molar refractivity (Wildman–Crippen MR) is 130 cm³/mol. The van der Waals surface area contributed by atoms with Crippen LogP contribution in [0.4, 0.5) is 18.9 Å². The molecule has 38 heavy (non-hydrogen) atoms. The van der Waals surface area contributed by atoms with Crippen LogP contribution in [0.1, 0.15) is 17.7 Å². The zero-order valence-electron chi connectivity index (χ0n) is 20.1. The standard InChI is InChI=1S/C26H23F3N2O6S/c1-16-4-2-5-19(10-16)38(34,35)31-13-18(12-25(24(32)33)14-36-15-25)37-22-9-8-17(11-21(22)31)20-6-3-7-23(30-20)26(27,28)29/h2-11,18H,12-15H2,1H3,(H,32,33)/t18-/m0/s1. The fourth-order valence-corrected chi connectivity index (χ4v) is 6.18.